The van der Waals surface area contributed by atoms with Gasteiger partial charge in [0.25, 0.3) is 5.91 Å². The van der Waals surface area contributed by atoms with Crippen LogP contribution in [0.3, 0.4) is 0 Å². The maximum atomic E-state index is 11.9. The third-order valence-corrected chi connectivity index (χ3v) is 5.41. The van der Waals surface area contributed by atoms with Gasteiger partial charge in [0.05, 0.1) is 4.24 Å². The Hall–Kier alpha value is -0.800. The lowest BCUT2D eigenvalue weighted by Crippen LogP contribution is -2.31. The Morgan fingerprint density at radius 3 is 2.79 bits per heavy atom. The molecule has 1 aromatic rings. The van der Waals surface area contributed by atoms with Gasteiger partial charge in [-0.2, -0.15) is 5.26 Å². The van der Waals surface area contributed by atoms with E-state index in [4.69, 9.17) is 28.5 Å². The van der Waals surface area contributed by atoms with E-state index in [1.54, 1.807) is 18.2 Å². The zero-order chi connectivity index (χ0) is 14.0. The predicted octanol–water partition coefficient (Wildman–Crippen LogP) is 3.95. The molecule has 0 saturated carbocycles. The third-order valence-electron chi connectivity index (χ3n) is 2.46. The SMILES string of the molecule is CSC1=C(C#N)C(=O)N[C@@H](c2ccc(Cl)cc2Cl)S1. The standard InChI is InChI=1S/C12H8Cl2N2OS2/c1-18-12-8(5-15)10(17)16-11(19-12)7-3-2-6(13)4-9(7)14/h2-4,11H,1H3,(H,16,17)/t11-/m1/s1. The van der Waals surface area contributed by atoms with Crippen molar-refractivity contribution in [3.8, 4) is 6.07 Å². The van der Waals surface area contributed by atoms with Gasteiger partial charge in [0.15, 0.2) is 0 Å². The Morgan fingerprint density at radius 1 is 1.47 bits per heavy atom. The van der Waals surface area contributed by atoms with Crippen LogP contribution in [0.1, 0.15) is 10.9 Å². The van der Waals surface area contributed by atoms with E-state index in [0.29, 0.717) is 14.3 Å². The number of halogens is 2. The smallest absolute Gasteiger partial charge is 0.264 e. The Bertz CT molecular complexity index is 610. The number of nitrogens with one attached hydrogen (secondary N) is 1. The van der Waals surface area contributed by atoms with Gasteiger partial charge in [0.1, 0.15) is 17.0 Å². The minimum Gasteiger partial charge on any atom is -0.335 e. The zero-order valence-electron chi connectivity index (χ0n) is 9.74. The molecule has 0 aromatic heterocycles. The van der Waals surface area contributed by atoms with E-state index in [9.17, 15) is 4.79 Å². The van der Waals surface area contributed by atoms with E-state index in [2.05, 4.69) is 5.32 Å². The summed E-state index contributed by atoms with van der Waals surface area (Å²) in [6.07, 6.45) is 1.83. The van der Waals surface area contributed by atoms with Crippen molar-refractivity contribution in [2.24, 2.45) is 0 Å². The maximum absolute atomic E-state index is 11.9. The summed E-state index contributed by atoms with van der Waals surface area (Å²) >= 11 is 14.8. The molecule has 0 fully saturated rings. The van der Waals surface area contributed by atoms with Crippen molar-refractivity contribution in [1.82, 2.24) is 5.32 Å². The monoisotopic (exact) mass is 330 g/mol. The van der Waals surface area contributed by atoms with Gasteiger partial charge in [0, 0.05) is 15.6 Å². The molecule has 0 bridgehead atoms. The first-order chi connectivity index (χ1) is 9.06. The summed E-state index contributed by atoms with van der Waals surface area (Å²) in [6.45, 7) is 0. The summed E-state index contributed by atoms with van der Waals surface area (Å²) in [6, 6.07) is 7.05. The number of carbonyl (C=O) groups is 1. The number of hydrogen-bond acceptors (Lipinski definition) is 4. The molecule has 1 aliphatic heterocycles. The van der Waals surface area contributed by atoms with Crippen molar-refractivity contribution >= 4 is 52.6 Å². The third kappa shape index (κ3) is 3.03. The molecule has 98 valence electrons. The van der Waals surface area contributed by atoms with Crippen LogP contribution in [0.4, 0.5) is 0 Å². The van der Waals surface area contributed by atoms with Crippen molar-refractivity contribution in [1.29, 1.82) is 5.26 Å². The number of hydrogen-bond donors (Lipinski definition) is 1. The number of benzene rings is 1. The molecule has 0 radical (unpaired) electrons. The molecule has 1 heterocycles. The first-order valence-corrected chi connectivity index (χ1v) is 8.03. The topological polar surface area (TPSA) is 52.9 Å². The molecule has 2 rings (SSSR count). The molecule has 0 spiro atoms. The second kappa shape index (κ2) is 6.10. The van der Waals surface area contributed by atoms with E-state index in [1.165, 1.54) is 23.5 Å². The minimum atomic E-state index is -0.374. The van der Waals surface area contributed by atoms with Crippen LogP contribution in [0, 0.1) is 11.3 Å². The predicted molar refractivity (Wildman–Crippen MR) is 81.1 cm³/mol. The molecular formula is C12H8Cl2N2OS2. The van der Waals surface area contributed by atoms with E-state index in [1.807, 2.05) is 12.3 Å². The van der Waals surface area contributed by atoms with Crippen molar-refractivity contribution in [3.63, 3.8) is 0 Å². The van der Waals surface area contributed by atoms with Crippen molar-refractivity contribution < 1.29 is 4.79 Å². The molecule has 0 unspecified atom stereocenters. The molecule has 0 saturated heterocycles. The van der Waals surface area contributed by atoms with Crippen LogP contribution in [-0.4, -0.2) is 12.2 Å². The normalized spacial score (nSPS) is 19.1. The van der Waals surface area contributed by atoms with Crippen LogP contribution < -0.4 is 5.32 Å². The average molecular weight is 331 g/mol. The molecule has 1 aromatic carbocycles. The van der Waals surface area contributed by atoms with Crippen LogP contribution in [0.5, 0.6) is 0 Å². The number of rotatable bonds is 2. The Labute approximate surface area is 129 Å². The number of nitrogens with zero attached hydrogens (tertiary/aromatic N) is 1. The van der Waals surface area contributed by atoms with E-state index in [0.717, 1.165) is 5.56 Å². The summed E-state index contributed by atoms with van der Waals surface area (Å²) in [7, 11) is 0. The van der Waals surface area contributed by atoms with Gasteiger partial charge in [-0.05, 0) is 18.4 Å². The second-order valence-electron chi connectivity index (χ2n) is 3.62. The molecule has 1 N–H and O–H groups in total. The van der Waals surface area contributed by atoms with Crippen LogP contribution in [0.2, 0.25) is 10.0 Å². The highest BCUT2D eigenvalue weighted by Gasteiger charge is 2.29. The summed E-state index contributed by atoms with van der Waals surface area (Å²) in [4.78, 5) is 11.9. The van der Waals surface area contributed by atoms with Crippen molar-refractivity contribution in [2.75, 3.05) is 6.26 Å². The Balaban J connectivity index is 2.38. The van der Waals surface area contributed by atoms with Gasteiger partial charge in [-0.1, -0.05) is 41.0 Å². The minimum absolute atomic E-state index is 0.152. The van der Waals surface area contributed by atoms with Crippen molar-refractivity contribution in [3.05, 3.63) is 43.6 Å². The summed E-state index contributed by atoms with van der Waals surface area (Å²) in [5.74, 6) is -0.374. The fraction of sp³-hybridized carbons (Fsp3) is 0.167. The van der Waals surface area contributed by atoms with Crippen LogP contribution in [0.15, 0.2) is 28.0 Å². The fourth-order valence-electron chi connectivity index (χ4n) is 1.58. The van der Waals surface area contributed by atoms with Gasteiger partial charge >= 0.3 is 0 Å². The molecule has 7 heteroatoms. The van der Waals surface area contributed by atoms with E-state index >= 15 is 0 Å². The summed E-state index contributed by atoms with van der Waals surface area (Å²) in [5.41, 5.74) is 0.923. The average Bonchev–Trinajstić information content (AvgIpc) is 2.37. The lowest BCUT2D eigenvalue weighted by Gasteiger charge is -2.25. The van der Waals surface area contributed by atoms with Gasteiger partial charge in [-0.15, -0.1) is 11.8 Å². The molecule has 1 aliphatic rings. The molecule has 3 nitrogen and oxygen atoms in total. The van der Waals surface area contributed by atoms with Crippen LogP contribution in [0.25, 0.3) is 0 Å². The van der Waals surface area contributed by atoms with Gasteiger partial charge in [-0.25, -0.2) is 0 Å². The van der Waals surface area contributed by atoms with Gasteiger partial charge in [-0.3, -0.25) is 4.79 Å². The van der Waals surface area contributed by atoms with Crippen LogP contribution >= 0.6 is 46.7 Å². The molecule has 19 heavy (non-hydrogen) atoms. The Kier molecular flexibility index (Phi) is 4.69. The zero-order valence-corrected chi connectivity index (χ0v) is 12.9. The summed E-state index contributed by atoms with van der Waals surface area (Å²) < 4.78 is 0.697. The van der Waals surface area contributed by atoms with E-state index < -0.39 is 0 Å². The highest BCUT2D eigenvalue weighted by atomic mass is 35.5. The molecule has 1 atom stereocenters. The van der Waals surface area contributed by atoms with Gasteiger partial charge < -0.3 is 5.32 Å². The Morgan fingerprint density at radius 2 is 2.21 bits per heavy atom. The first kappa shape index (κ1) is 14.6. The lowest BCUT2D eigenvalue weighted by molar-refractivity contribution is -0.117. The summed E-state index contributed by atoms with van der Waals surface area (Å²) in [5, 5.41) is 12.5. The maximum Gasteiger partial charge on any atom is 0.264 e. The lowest BCUT2D eigenvalue weighted by atomic mass is 10.2. The first-order valence-electron chi connectivity index (χ1n) is 5.17. The van der Waals surface area contributed by atoms with Crippen molar-refractivity contribution in [2.45, 2.75) is 5.37 Å². The molecule has 0 aliphatic carbocycles. The van der Waals surface area contributed by atoms with Crippen LogP contribution in [-0.2, 0) is 4.79 Å². The number of carbonyl (C=O) groups excluding carboxylic acids is 1. The molecular weight excluding hydrogens is 323 g/mol. The highest BCUT2D eigenvalue weighted by Crippen LogP contribution is 2.44. The number of amides is 1. The van der Waals surface area contributed by atoms with E-state index in [-0.39, 0.29) is 16.9 Å². The van der Waals surface area contributed by atoms with Gasteiger partial charge in [0.2, 0.25) is 0 Å². The number of nitriles is 1. The second-order valence-corrected chi connectivity index (χ2v) is 6.65. The fourth-order valence-corrected chi connectivity index (χ4v) is 4.15. The number of thioether (sulfide) groups is 2. The quantitative estimate of drug-likeness (QED) is 0.891. The largest absolute Gasteiger partial charge is 0.335 e. The highest BCUT2D eigenvalue weighted by molar-refractivity contribution is 8.22. The molecule has 1 amide bonds.